The molecule has 0 bridgehead atoms. The van der Waals surface area contributed by atoms with Crippen molar-refractivity contribution in [3.63, 3.8) is 0 Å². The third-order valence-electron chi connectivity index (χ3n) is 5.11. The molecule has 0 radical (unpaired) electrons. The number of fused-ring (bicyclic) bond motifs is 2. The van der Waals surface area contributed by atoms with Crippen molar-refractivity contribution in [3.8, 4) is 20.9 Å². The summed E-state index contributed by atoms with van der Waals surface area (Å²) in [4.78, 5) is 17.3. The van der Waals surface area contributed by atoms with Crippen LogP contribution in [-0.2, 0) is 11.4 Å². The van der Waals surface area contributed by atoms with Gasteiger partial charge in [0.2, 0.25) is 0 Å². The Bertz CT molecular complexity index is 1260. The average molecular weight is 684 g/mol. The zero-order valence-electron chi connectivity index (χ0n) is 17.7. The van der Waals surface area contributed by atoms with Crippen molar-refractivity contribution in [1.82, 2.24) is 8.75 Å². The van der Waals surface area contributed by atoms with Gasteiger partial charge in [-0.3, -0.25) is 0 Å². The minimum absolute atomic E-state index is 0.974. The average Bonchev–Trinajstić information content (AvgIpc) is 3.43. The number of nitrogens with zero attached hydrogens (tertiary/aromatic N) is 4. The number of benzene rings is 1. The van der Waals surface area contributed by atoms with E-state index in [1.165, 1.54) is 32.8 Å². The van der Waals surface area contributed by atoms with Crippen LogP contribution in [0.4, 0.5) is 11.4 Å². The van der Waals surface area contributed by atoms with Crippen LogP contribution in [0, 0.1) is 0 Å². The molecule has 1 aromatic carbocycles. The molecular weight excluding hydrogens is 662 g/mol. The maximum atomic E-state index is 4.75. The van der Waals surface area contributed by atoms with Crippen LogP contribution in [0.15, 0.2) is 33.0 Å². The molecule has 0 fully saturated rings. The molecule has 0 amide bonds. The molecule has 154 valence electrons. The molecular formula is C20H22N4S4Sn2. The fourth-order valence-corrected chi connectivity index (χ4v) is 17.3. The Labute approximate surface area is 200 Å². The Morgan fingerprint density at radius 3 is 1.43 bits per heavy atom. The van der Waals surface area contributed by atoms with Gasteiger partial charge in [0.1, 0.15) is 0 Å². The Morgan fingerprint density at radius 1 is 0.633 bits per heavy atom. The number of hydrogen-bond acceptors (Lipinski definition) is 7. The van der Waals surface area contributed by atoms with Crippen molar-refractivity contribution in [2.45, 2.75) is 29.6 Å². The molecule has 5 rings (SSSR count). The van der Waals surface area contributed by atoms with E-state index in [0.29, 0.717) is 0 Å². The van der Waals surface area contributed by atoms with Gasteiger partial charge in [-0.15, -0.1) is 0 Å². The molecule has 30 heavy (non-hydrogen) atoms. The van der Waals surface area contributed by atoms with Gasteiger partial charge in [-0.2, -0.15) is 0 Å². The Balaban J connectivity index is 1.77. The molecule has 0 N–H and O–H groups in total. The van der Waals surface area contributed by atoms with E-state index in [-0.39, 0.29) is 0 Å². The van der Waals surface area contributed by atoms with E-state index in [1.54, 1.807) is 5.79 Å². The van der Waals surface area contributed by atoms with E-state index in [9.17, 15) is 0 Å². The van der Waals surface area contributed by atoms with Crippen molar-refractivity contribution in [1.29, 1.82) is 0 Å². The predicted octanol–water partition coefficient (Wildman–Crippen LogP) is 6.97. The fourth-order valence-electron chi connectivity index (χ4n) is 3.48. The summed E-state index contributed by atoms with van der Waals surface area (Å²) in [6.45, 7) is 0. The summed E-state index contributed by atoms with van der Waals surface area (Å²) < 4.78 is 22.1. The second-order valence-corrected chi connectivity index (χ2v) is 43.6. The summed E-state index contributed by atoms with van der Waals surface area (Å²) >= 11 is 2.16. The molecule has 4 aromatic rings. The third kappa shape index (κ3) is 3.68. The molecule has 0 unspecified atom stereocenters. The van der Waals surface area contributed by atoms with E-state index in [1.807, 2.05) is 22.7 Å². The molecule has 3 aromatic heterocycles. The molecule has 4 heterocycles. The van der Waals surface area contributed by atoms with Gasteiger partial charge in [-0.05, 0) is 0 Å². The van der Waals surface area contributed by atoms with Crippen molar-refractivity contribution >= 4 is 111 Å². The second kappa shape index (κ2) is 7.72. The summed E-state index contributed by atoms with van der Waals surface area (Å²) in [5.41, 5.74) is 6.13. The van der Waals surface area contributed by atoms with Crippen molar-refractivity contribution in [3.05, 3.63) is 24.3 Å². The van der Waals surface area contributed by atoms with Crippen LogP contribution in [0.3, 0.4) is 0 Å². The maximum absolute atomic E-state index is 4.75. The first-order valence-corrected chi connectivity index (χ1v) is 32.8. The molecule has 4 nitrogen and oxygen atoms in total. The molecule has 0 aliphatic carbocycles. The minimum atomic E-state index is -2.13. The summed E-state index contributed by atoms with van der Waals surface area (Å²) in [5, 5.41) is 0. The SMILES string of the molecule is [CH3][Sn]([CH3])([CH3])[c]1ccc(-c2c3c(c(-c4cc[c]([Sn]([CH3])([CH3])[CH3])s4)c4nsnc24)N=S=N3)s1. The molecule has 1 aliphatic rings. The fraction of sp³-hybridized carbons (Fsp3) is 0.300. The second-order valence-electron chi connectivity index (χ2n) is 9.50. The topological polar surface area (TPSA) is 50.5 Å². The number of hydrogen-bond donors (Lipinski definition) is 0. The van der Waals surface area contributed by atoms with E-state index < -0.39 is 36.8 Å². The molecule has 1 aliphatic heterocycles. The van der Waals surface area contributed by atoms with E-state index in [0.717, 1.165) is 33.5 Å². The van der Waals surface area contributed by atoms with Crippen LogP contribution in [0.2, 0.25) is 29.6 Å². The Morgan fingerprint density at radius 2 is 1.07 bits per heavy atom. The van der Waals surface area contributed by atoms with E-state index in [4.69, 9.17) is 17.5 Å². The van der Waals surface area contributed by atoms with Gasteiger partial charge in [0.15, 0.2) is 0 Å². The van der Waals surface area contributed by atoms with Crippen molar-refractivity contribution < 1.29 is 0 Å². The third-order valence-corrected chi connectivity index (χ3v) is 27.4. The van der Waals surface area contributed by atoms with E-state index >= 15 is 0 Å². The van der Waals surface area contributed by atoms with Crippen LogP contribution < -0.4 is 5.79 Å². The quantitative estimate of drug-likeness (QED) is 0.192. The van der Waals surface area contributed by atoms with Crippen LogP contribution in [0.25, 0.3) is 31.9 Å². The monoisotopic (exact) mass is 686 g/mol. The van der Waals surface area contributed by atoms with Gasteiger partial charge in [-0.25, -0.2) is 0 Å². The summed E-state index contributed by atoms with van der Waals surface area (Å²) in [7, 11) is 0. The molecule has 0 saturated heterocycles. The first kappa shape index (κ1) is 21.7. The zero-order valence-corrected chi connectivity index (χ0v) is 26.7. The Kier molecular flexibility index (Phi) is 5.58. The van der Waals surface area contributed by atoms with Gasteiger partial charge in [0, 0.05) is 0 Å². The van der Waals surface area contributed by atoms with Gasteiger partial charge in [-0.1, -0.05) is 0 Å². The normalized spacial score (nSPS) is 13.8. The van der Waals surface area contributed by atoms with Crippen LogP contribution in [0.5, 0.6) is 0 Å². The molecule has 0 spiro atoms. The van der Waals surface area contributed by atoms with Gasteiger partial charge < -0.3 is 0 Å². The van der Waals surface area contributed by atoms with Crippen LogP contribution in [-0.4, -0.2) is 45.5 Å². The van der Waals surface area contributed by atoms with Gasteiger partial charge >= 0.3 is 203 Å². The van der Waals surface area contributed by atoms with Crippen LogP contribution in [0.1, 0.15) is 0 Å². The molecule has 0 saturated carbocycles. The zero-order chi connectivity index (χ0) is 21.3. The summed E-state index contributed by atoms with van der Waals surface area (Å²) in [6.07, 6.45) is 0. The number of rotatable bonds is 4. The van der Waals surface area contributed by atoms with Crippen molar-refractivity contribution in [2.75, 3.05) is 0 Å². The number of thiophene rings is 2. The standard InChI is InChI=1S/C14H4N4S4.6CH3.2Sn/c1-3-7(19-5-1)9-11-13(17-21-15-11)10(8-4-2-6-20-8)14-12(9)16-22-18-14;;;;;;;;/h1-4H;6*1H3;;. The van der Waals surface area contributed by atoms with E-state index in [2.05, 4.69) is 53.9 Å². The van der Waals surface area contributed by atoms with Gasteiger partial charge in [0.05, 0.1) is 0 Å². The van der Waals surface area contributed by atoms with Gasteiger partial charge in [0.25, 0.3) is 0 Å². The summed E-state index contributed by atoms with van der Waals surface area (Å²) in [6, 6.07) is 9.16. The summed E-state index contributed by atoms with van der Waals surface area (Å²) in [5.74, 6) is 0. The Hall–Kier alpha value is -0.143. The van der Waals surface area contributed by atoms with Crippen molar-refractivity contribution in [2.24, 2.45) is 8.73 Å². The van der Waals surface area contributed by atoms with Crippen LogP contribution >= 0.6 is 34.4 Å². The first-order valence-electron chi connectivity index (χ1n) is 9.76. The molecule has 10 heteroatoms. The first-order chi connectivity index (χ1) is 14.1. The number of aromatic nitrogens is 2. The molecule has 0 atom stereocenters. The predicted molar refractivity (Wildman–Crippen MR) is 142 cm³/mol.